The zero-order chi connectivity index (χ0) is 17.5. The molecule has 0 saturated heterocycles. The van der Waals surface area contributed by atoms with E-state index in [9.17, 15) is 9.18 Å². The highest BCUT2D eigenvalue weighted by Gasteiger charge is 2.10. The summed E-state index contributed by atoms with van der Waals surface area (Å²) in [5.74, 6) is 0.497. The van der Waals surface area contributed by atoms with Crippen LogP contribution >= 0.6 is 11.6 Å². The Kier molecular flexibility index (Phi) is 6.44. The van der Waals surface area contributed by atoms with Crippen LogP contribution in [0.25, 0.3) is 0 Å². The lowest BCUT2D eigenvalue weighted by atomic mass is 10.1. The van der Waals surface area contributed by atoms with E-state index in [1.165, 1.54) is 12.1 Å². The topological polar surface area (TPSA) is 47.6 Å². The maximum atomic E-state index is 13.7. The van der Waals surface area contributed by atoms with E-state index in [4.69, 9.17) is 21.1 Å². The van der Waals surface area contributed by atoms with E-state index in [-0.39, 0.29) is 12.3 Å². The van der Waals surface area contributed by atoms with Gasteiger partial charge in [0.05, 0.1) is 20.1 Å². The number of benzene rings is 2. The summed E-state index contributed by atoms with van der Waals surface area (Å²) in [4.78, 5) is 12.0. The van der Waals surface area contributed by atoms with Gasteiger partial charge in [-0.2, -0.15) is 0 Å². The Balaban J connectivity index is 1.97. The molecule has 1 amide bonds. The summed E-state index contributed by atoms with van der Waals surface area (Å²) in [6, 6.07) is 9.70. The summed E-state index contributed by atoms with van der Waals surface area (Å²) in [5, 5.41) is 3.07. The molecule has 0 atom stereocenters. The highest BCUT2D eigenvalue weighted by Crippen LogP contribution is 2.28. The van der Waals surface area contributed by atoms with Crippen LogP contribution in [0, 0.1) is 5.82 Å². The van der Waals surface area contributed by atoms with Crippen LogP contribution in [0.15, 0.2) is 36.4 Å². The highest BCUT2D eigenvalue weighted by molar-refractivity contribution is 6.30. The van der Waals surface area contributed by atoms with Crippen molar-refractivity contribution in [2.45, 2.75) is 19.9 Å². The van der Waals surface area contributed by atoms with Gasteiger partial charge in [0, 0.05) is 11.6 Å². The average molecular weight is 352 g/mol. The molecular weight excluding hydrogens is 333 g/mol. The first-order valence-electron chi connectivity index (χ1n) is 7.53. The van der Waals surface area contributed by atoms with Crippen molar-refractivity contribution in [2.75, 3.05) is 13.7 Å². The lowest BCUT2D eigenvalue weighted by Crippen LogP contribution is -2.25. The van der Waals surface area contributed by atoms with Crippen LogP contribution in [0.5, 0.6) is 11.5 Å². The lowest BCUT2D eigenvalue weighted by molar-refractivity contribution is -0.120. The minimum atomic E-state index is -0.485. The summed E-state index contributed by atoms with van der Waals surface area (Å²) in [6.45, 7) is 2.72. The second-order valence-corrected chi connectivity index (χ2v) is 5.54. The van der Waals surface area contributed by atoms with Crippen LogP contribution in [0.1, 0.15) is 18.1 Å². The first kappa shape index (κ1) is 18.1. The van der Waals surface area contributed by atoms with Gasteiger partial charge in [-0.1, -0.05) is 23.7 Å². The smallest absolute Gasteiger partial charge is 0.224 e. The number of hydrogen-bond donors (Lipinski definition) is 1. The third kappa shape index (κ3) is 4.86. The van der Waals surface area contributed by atoms with Crippen LogP contribution in [0.4, 0.5) is 4.39 Å². The summed E-state index contributed by atoms with van der Waals surface area (Å²) in [7, 11) is 1.57. The van der Waals surface area contributed by atoms with E-state index in [0.717, 1.165) is 5.56 Å². The fraction of sp³-hybridized carbons (Fsp3) is 0.278. The quantitative estimate of drug-likeness (QED) is 0.826. The van der Waals surface area contributed by atoms with Crippen molar-refractivity contribution in [3.8, 4) is 11.5 Å². The van der Waals surface area contributed by atoms with Crippen molar-refractivity contribution < 1.29 is 18.7 Å². The number of ether oxygens (including phenoxy) is 2. The molecule has 128 valence electrons. The summed E-state index contributed by atoms with van der Waals surface area (Å²) < 4.78 is 24.4. The van der Waals surface area contributed by atoms with E-state index in [1.54, 1.807) is 19.2 Å². The summed E-state index contributed by atoms with van der Waals surface area (Å²) in [5.41, 5.74) is 1.17. The third-order valence-electron chi connectivity index (χ3n) is 3.38. The van der Waals surface area contributed by atoms with Crippen LogP contribution in [0.3, 0.4) is 0 Å². The van der Waals surface area contributed by atoms with Crippen LogP contribution < -0.4 is 14.8 Å². The first-order valence-corrected chi connectivity index (χ1v) is 7.91. The lowest BCUT2D eigenvalue weighted by Gasteiger charge is -2.12. The second kappa shape index (κ2) is 8.55. The van der Waals surface area contributed by atoms with Gasteiger partial charge < -0.3 is 14.8 Å². The van der Waals surface area contributed by atoms with Crippen molar-refractivity contribution in [1.29, 1.82) is 0 Å². The first-order chi connectivity index (χ1) is 11.5. The molecule has 2 rings (SSSR count). The molecule has 0 aromatic heterocycles. The van der Waals surface area contributed by atoms with Gasteiger partial charge >= 0.3 is 0 Å². The molecule has 0 saturated carbocycles. The van der Waals surface area contributed by atoms with Crippen LogP contribution in [0.2, 0.25) is 5.02 Å². The van der Waals surface area contributed by atoms with Gasteiger partial charge in [-0.15, -0.1) is 0 Å². The number of carbonyl (C=O) groups excluding carboxylic acids is 1. The Morgan fingerprint density at radius 2 is 2.00 bits per heavy atom. The molecule has 0 aliphatic heterocycles. The van der Waals surface area contributed by atoms with Gasteiger partial charge in [0.15, 0.2) is 11.5 Å². The summed E-state index contributed by atoms with van der Waals surface area (Å²) >= 11 is 5.70. The SMILES string of the molecule is CCOc1cc(CNC(=O)Cc2ccc(Cl)cc2F)ccc1OC. The van der Waals surface area contributed by atoms with Crippen molar-refractivity contribution in [1.82, 2.24) is 5.32 Å². The Labute approximate surface area is 145 Å². The maximum Gasteiger partial charge on any atom is 0.224 e. The molecule has 0 bridgehead atoms. The fourth-order valence-electron chi connectivity index (χ4n) is 2.20. The third-order valence-corrected chi connectivity index (χ3v) is 3.62. The van der Waals surface area contributed by atoms with Crippen molar-refractivity contribution in [3.05, 3.63) is 58.4 Å². The second-order valence-electron chi connectivity index (χ2n) is 5.11. The van der Waals surface area contributed by atoms with E-state index < -0.39 is 5.82 Å². The predicted octanol–water partition coefficient (Wildman–Crippen LogP) is 3.75. The van der Waals surface area contributed by atoms with E-state index in [1.807, 2.05) is 19.1 Å². The molecule has 24 heavy (non-hydrogen) atoms. The number of carbonyl (C=O) groups is 1. The normalized spacial score (nSPS) is 10.3. The Hall–Kier alpha value is -2.27. The van der Waals surface area contributed by atoms with Gasteiger partial charge in [0.2, 0.25) is 5.91 Å². The highest BCUT2D eigenvalue weighted by atomic mass is 35.5. The van der Waals surface area contributed by atoms with E-state index in [0.29, 0.717) is 35.2 Å². The van der Waals surface area contributed by atoms with Crippen molar-refractivity contribution >= 4 is 17.5 Å². The molecule has 0 fully saturated rings. The van der Waals surface area contributed by atoms with Gasteiger partial charge in [-0.05, 0) is 42.3 Å². The average Bonchev–Trinajstić information content (AvgIpc) is 2.56. The molecule has 0 radical (unpaired) electrons. The molecule has 1 N–H and O–H groups in total. The molecule has 2 aromatic rings. The number of rotatable bonds is 7. The molecule has 2 aromatic carbocycles. The van der Waals surface area contributed by atoms with Crippen molar-refractivity contribution in [2.24, 2.45) is 0 Å². The number of methoxy groups -OCH3 is 1. The van der Waals surface area contributed by atoms with Gasteiger partial charge in [-0.25, -0.2) is 4.39 Å². The van der Waals surface area contributed by atoms with Crippen LogP contribution in [-0.4, -0.2) is 19.6 Å². The standard InChI is InChI=1S/C18H19ClFNO3/c1-3-24-17-8-12(4-7-16(17)23-2)11-21-18(22)9-13-5-6-14(19)10-15(13)20/h4-8,10H,3,9,11H2,1-2H3,(H,21,22). The molecular formula is C18H19ClFNO3. The fourth-order valence-corrected chi connectivity index (χ4v) is 2.36. The zero-order valence-corrected chi connectivity index (χ0v) is 14.3. The van der Waals surface area contributed by atoms with Gasteiger partial charge in [0.1, 0.15) is 5.82 Å². The number of amides is 1. The molecule has 0 aliphatic rings. The Morgan fingerprint density at radius 1 is 1.21 bits per heavy atom. The number of hydrogen-bond acceptors (Lipinski definition) is 3. The summed E-state index contributed by atoms with van der Waals surface area (Å²) in [6.07, 6.45) is -0.0442. The predicted molar refractivity (Wildman–Crippen MR) is 91.1 cm³/mol. The molecule has 4 nitrogen and oxygen atoms in total. The van der Waals surface area contributed by atoms with Crippen molar-refractivity contribution in [3.63, 3.8) is 0 Å². The van der Waals surface area contributed by atoms with Crippen LogP contribution in [-0.2, 0) is 17.8 Å². The molecule has 0 heterocycles. The van der Waals surface area contributed by atoms with E-state index in [2.05, 4.69) is 5.32 Å². The number of halogens is 2. The molecule has 6 heteroatoms. The molecule has 0 unspecified atom stereocenters. The molecule has 0 aliphatic carbocycles. The van der Waals surface area contributed by atoms with Gasteiger partial charge in [0.25, 0.3) is 0 Å². The van der Waals surface area contributed by atoms with Gasteiger partial charge in [-0.3, -0.25) is 4.79 Å². The monoisotopic (exact) mass is 351 g/mol. The minimum Gasteiger partial charge on any atom is -0.493 e. The Bertz CT molecular complexity index is 721. The minimum absolute atomic E-state index is 0.0442. The maximum absolute atomic E-state index is 13.7. The zero-order valence-electron chi connectivity index (χ0n) is 13.6. The Morgan fingerprint density at radius 3 is 2.67 bits per heavy atom. The number of nitrogens with one attached hydrogen (secondary N) is 1. The molecule has 0 spiro atoms. The largest absolute Gasteiger partial charge is 0.493 e. The van der Waals surface area contributed by atoms with E-state index >= 15 is 0 Å².